The fraction of sp³-hybridized carbons (Fsp3) is 0.158. The molecule has 4 N–H and O–H groups in total. The van der Waals surface area contributed by atoms with Gasteiger partial charge in [0.15, 0.2) is 0 Å². The molecule has 8 heteroatoms. The van der Waals surface area contributed by atoms with Crippen LogP contribution in [0.3, 0.4) is 0 Å². The number of hydrogen-bond acceptors (Lipinski definition) is 6. The van der Waals surface area contributed by atoms with Gasteiger partial charge in [0, 0.05) is 29.9 Å². The van der Waals surface area contributed by atoms with Crippen molar-refractivity contribution in [2.45, 2.75) is 13.3 Å². The van der Waals surface area contributed by atoms with E-state index in [0.29, 0.717) is 34.8 Å². The molecule has 27 heavy (non-hydrogen) atoms. The van der Waals surface area contributed by atoms with Crippen LogP contribution in [0.1, 0.15) is 23.0 Å². The Balaban J connectivity index is 2.24. The van der Waals surface area contributed by atoms with Gasteiger partial charge in [-0.3, -0.25) is 0 Å². The van der Waals surface area contributed by atoms with E-state index < -0.39 is 17.3 Å². The first-order valence-electron chi connectivity index (χ1n) is 8.28. The normalized spacial score (nSPS) is 10.6. The number of aryl methyl sites for hydroxylation is 1. The third-order valence-corrected chi connectivity index (χ3v) is 4.12. The Kier molecular flexibility index (Phi) is 4.98. The number of carbonyl (C=O) groups is 1. The quantitative estimate of drug-likeness (QED) is 0.634. The molecule has 2 aromatic heterocycles. The summed E-state index contributed by atoms with van der Waals surface area (Å²) in [6.07, 6.45) is 2.25. The number of aromatic carboxylic acids is 1. The molecule has 0 bridgehead atoms. The Morgan fingerprint density at radius 1 is 1.22 bits per heavy atom. The highest BCUT2D eigenvalue weighted by Crippen LogP contribution is 2.34. The van der Waals surface area contributed by atoms with Crippen LogP contribution in [0.2, 0.25) is 0 Å². The average Bonchev–Trinajstić information content (AvgIpc) is 2.67. The molecule has 0 fully saturated rings. The van der Waals surface area contributed by atoms with Gasteiger partial charge in [0.05, 0.1) is 17.0 Å². The van der Waals surface area contributed by atoms with E-state index in [2.05, 4.69) is 20.3 Å². The maximum absolute atomic E-state index is 14.2. The first-order valence-corrected chi connectivity index (χ1v) is 8.28. The van der Waals surface area contributed by atoms with Gasteiger partial charge >= 0.3 is 5.97 Å². The minimum atomic E-state index is -1.33. The molecule has 0 aliphatic heterocycles. The summed E-state index contributed by atoms with van der Waals surface area (Å²) >= 11 is 0. The van der Waals surface area contributed by atoms with E-state index in [4.69, 9.17) is 10.8 Å². The van der Waals surface area contributed by atoms with E-state index in [1.54, 1.807) is 13.2 Å². The van der Waals surface area contributed by atoms with Crippen molar-refractivity contribution in [3.8, 4) is 22.4 Å². The maximum atomic E-state index is 14.2. The van der Waals surface area contributed by atoms with E-state index in [0.717, 1.165) is 11.6 Å². The summed E-state index contributed by atoms with van der Waals surface area (Å²) in [6.45, 7) is 1.93. The molecule has 1 aromatic carbocycles. The lowest BCUT2D eigenvalue weighted by atomic mass is 9.97. The molecule has 3 aromatic rings. The molecule has 0 saturated carbocycles. The monoisotopic (exact) mass is 367 g/mol. The zero-order valence-corrected chi connectivity index (χ0v) is 14.8. The van der Waals surface area contributed by atoms with E-state index in [1.807, 2.05) is 19.1 Å². The molecule has 2 heterocycles. The number of benzene rings is 1. The second-order valence-electron chi connectivity index (χ2n) is 5.79. The van der Waals surface area contributed by atoms with E-state index in [9.17, 15) is 9.18 Å². The lowest BCUT2D eigenvalue weighted by Crippen LogP contribution is -2.06. The zero-order chi connectivity index (χ0) is 19.6. The van der Waals surface area contributed by atoms with Gasteiger partial charge in [0.2, 0.25) is 5.95 Å². The minimum Gasteiger partial charge on any atom is -0.478 e. The standard InChI is InChI=1S/C19H18FN5O2/c1-3-14-16(11-5-7-15(22-2)23-9-11)17(25-19(21)24-14)10-4-6-12(18(26)27)13(20)8-10/h4-9H,3H2,1-2H3,(H,22,23)(H,26,27)(H2,21,24,25). The molecule has 0 aliphatic carbocycles. The van der Waals surface area contributed by atoms with Gasteiger partial charge in [-0.1, -0.05) is 13.0 Å². The van der Waals surface area contributed by atoms with Gasteiger partial charge < -0.3 is 16.2 Å². The number of anilines is 2. The Morgan fingerprint density at radius 2 is 1.96 bits per heavy atom. The summed E-state index contributed by atoms with van der Waals surface area (Å²) in [5.74, 6) is -1.41. The molecule has 0 radical (unpaired) electrons. The number of hydrogen-bond donors (Lipinski definition) is 3. The molecule has 0 unspecified atom stereocenters. The summed E-state index contributed by atoms with van der Waals surface area (Å²) in [7, 11) is 1.77. The first kappa shape index (κ1) is 18.2. The van der Waals surface area contributed by atoms with Crippen LogP contribution in [0.15, 0.2) is 36.5 Å². The highest BCUT2D eigenvalue weighted by molar-refractivity contribution is 5.90. The number of pyridine rings is 1. The average molecular weight is 367 g/mol. The maximum Gasteiger partial charge on any atom is 0.338 e. The molecule has 0 atom stereocenters. The van der Waals surface area contributed by atoms with Gasteiger partial charge in [0.25, 0.3) is 0 Å². The van der Waals surface area contributed by atoms with Crippen LogP contribution in [0, 0.1) is 5.82 Å². The highest BCUT2D eigenvalue weighted by Gasteiger charge is 2.19. The van der Waals surface area contributed by atoms with Crippen LogP contribution in [0.25, 0.3) is 22.4 Å². The Hall–Kier alpha value is -3.55. The predicted molar refractivity (Wildman–Crippen MR) is 101 cm³/mol. The molecular formula is C19H18FN5O2. The van der Waals surface area contributed by atoms with Crippen molar-refractivity contribution in [1.29, 1.82) is 0 Å². The molecule has 0 amide bonds. The third-order valence-electron chi connectivity index (χ3n) is 4.12. The van der Waals surface area contributed by atoms with Gasteiger partial charge in [-0.05, 0) is 30.7 Å². The molecule has 0 spiro atoms. The van der Waals surface area contributed by atoms with Gasteiger partial charge in [-0.25, -0.2) is 24.1 Å². The second-order valence-corrected chi connectivity index (χ2v) is 5.79. The number of nitrogens with two attached hydrogens (primary N) is 1. The number of nitrogens with zero attached hydrogens (tertiary/aromatic N) is 3. The number of halogens is 1. The van der Waals surface area contributed by atoms with Gasteiger partial charge in [-0.2, -0.15) is 0 Å². The lowest BCUT2D eigenvalue weighted by Gasteiger charge is -2.14. The molecule has 138 valence electrons. The zero-order valence-electron chi connectivity index (χ0n) is 14.8. The first-order chi connectivity index (χ1) is 12.9. The molecule has 0 aliphatic rings. The number of nitrogen functional groups attached to an aromatic ring is 1. The van der Waals surface area contributed by atoms with Crippen molar-refractivity contribution in [2.75, 3.05) is 18.1 Å². The van der Waals surface area contributed by atoms with Crippen molar-refractivity contribution in [3.63, 3.8) is 0 Å². The Bertz CT molecular complexity index is 1010. The third kappa shape index (κ3) is 3.55. The van der Waals surface area contributed by atoms with Crippen LogP contribution in [0.4, 0.5) is 16.2 Å². The lowest BCUT2D eigenvalue weighted by molar-refractivity contribution is 0.0692. The number of carboxylic acids is 1. The van der Waals surface area contributed by atoms with Crippen LogP contribution in [-0.2, 0) is 6.42 Å². The Morgan fingerprint density at radius 3 is 2.52 bits per heavy atom. The van der Waals surface area contributed by atoms with Gasteiger partial charge in [0.1, 0.15) is 11.6 Å². The second kappa shape index (κ2) is 7.36. The number of nitrogens with one attached hydrogen (secondary N) is 1. The molecule has 7 nitrogen and oxygen atoms in total. The highest BCUT2D eigenvalue weighted by atomic mass is 19.1. The summed E-state index contributed by atoms with van der Waals surface area (Å²) in [5.41, 5.74) is 8.41. The predicted octanol–water partition coefficient (Wildman–Crippen LogP) is 3.23. The van der Waals surface area contributed by atoms with Gasteiger partial charge in [-0.15, -0.1) is 0 Å². The summed E-state index contributed by atoms with van der Waals surface area (Å²) in [6, 6.07) is 7.53. The van der Waals surface area contributed by atoms with Crippen LogP contribution in [-0.4, -0.2) is 33.1 Å². The summed E-state index contributed by atoms with van der Waals surface area (Å²) < 4.78 is 14.2. The van der Waals surface area contributed by atoms with Crippen molar-refractivity contribution < 1.29 is 14.3 Å². The largest absolute Gasteiger partial charge is 0.478 e. The Labute approximate surface area is 155 Å². The topological polar surface area (TPSA) is 114 Å². The number of rotatable bonds is 5. The number of aromatic nitrogens is 3. The van der Waals surface area contributed by atoms with E-state index in [1.165, 1.54) is 12.1 Å². The fourth-order valence-corrected chi connectivity index (χ4v) is 2.82. The van der Waals surface area contributed by atoms with Crippen molar-refractivity contribution in [3.05, 3.63) is 53.6 Å². The van der Waals surface area contributed by atoms with E-state index in [-0.39, 0.29) is 5.95 Å². The molecule has 0 saturated heterocycles. The summed E-state index contributed by atoms with van der Waals surface area (Å²) in [5, 5.41) is 12.0. The smallest absolute Gasteiger partial charge is 0.338 e. The minimum absolute atomic E-state index is 0.0631. The van der Waals surface area contributed by atoms with E-state index >= 15 is 0 Å². The number of carboxylic acid groups (broad SMARTS) is 1. The van der Waals surface area contributed by atoms with Crippen molar-refractivity contribution in [2.24, 2.45) is 0 Å². The van der Waals surface area contributed by atoms with Crippen molar-refractivity contribution >= 4 is 17.7 Å². The van der Waals surface area contributed by atoms with Crippen LogP contribution >= 0.6 is 0 Å². The molecule has 3 rings (SSSR count). The summed E-state index contributed by atoms with van der Waals surface area (Å²) in [4.78, 5) is 24.0. The molecular weight excluding hydrogens is 349 g/mol. The fourth-order valence-electron chi connectivity index (χ4n) is 2.82. The SMILES string of the molecule is CCc1nc(N)nc(-c2ccc(C(=O)O)c(F)c2)c1-c1ccc(NC)nc1. The van der Waals surface area contributed by atoms with Crippen molar-refractivity contribution in [1.82, 2.24) is 15.0 Å². The van der Waals surface area contributed by atoms with Crippen LogP contribution in [0.5, 0.6) is 0 Å². The van der Waals surface area contributed by atoms with Crippen LogP contribution < -0.4 is 11.1 Å².